The van der Waals surface area contributed by atoms with Gasteiger partial charge in [0.2, 0.25) is 0 Å². The zero-order valence-corrected chi connectivity index (χ0v) is 23.5. The zero-order chi connectivity index (χ0) is 29.6. The summed E-state index contributed by atoms with van der Waals surface area (Å²) in [4.78, 5) is 22.8. The van der Waals surface area contributed by atoms with Crippen LogP contribution >= 0.6 is 0 Å². The van der Waals surface area contributed by atoms with Crippen LogP contribution in [0.2, 0.25) is 0 Å². The average molecular weight is 566 g/mol. The number of pyridine rings is 1. The van der Waals surface area contributed by atoms with E-state index >= 15 is 13.2 Å². The van der Waals surface area contributed by atoms with Gasteiger partial charge >= 0.3 is 5.92 Å². The van der Waals surface area contributed by atoms with Crippen LogP contribution in [0, 0.1) is 24.1 Å². The van der Waals surface area contributed by atoms with Crippen LogP contribution in [0.15, 0.2) is 41.2 Å². The Bertz CT molecular complexity index is 1620. The number of rotatable bonds is 1. The molecular formula is C31H34F3N5O2. The van der Waals surface area contributed by atoms with Crippen molar-refractivity contribution in [2.24, 2.45) is 0 Å². The van der Waals surface area contributed by atoms with Gasteiger partial charge in [0.05, 0.1) is 28.5 Å². The summed E-state index contributed by atoms with van der Waals surface area (Å²) < 4.78 is 48.5. The summed E-state index contributed by atoms with van der Waals surface area (Å²) in [6.45, 7) is 4.71. The number of aromatic nitrogens is 3. The highest BCUT2D eigenvalue weighted by atomic mass is 19.3. The molecular weight excluding hydrogens is 531 g/mol. The second kappa shape index (κ2) is 10.6. The minimum absolute atomic E-state index is 0.0277. The number of hydrogen-bond donors (Lipinski definition) is 2. The van der Waals surface area contributed by atoms with Gasteiger partial charge in [-0.2, -0.15) is 14.0 Å². The van der Waals surface area contributed by atoms with Gasteiger partial charge in [-0.25, -0.2) is 14.4 Å². The van der Waals surface area contributed by atoms with Crippen LogP contribution in [0.5, 0.6) is 0 Å². The van der Waals surface area contributed by atoms with Crippen molar-refractivity contribution < 1.29 is 18.3 Å². The number of aliphatic hydroxyl groups is 1. The van der Waals surface area contributed by atoms with Gasteiger partial charge < -0.3 is 10.4 Å². The van der Waals surface area contributed by atoms with Crippen LogP contribution < -0.4 is 10.9 Å². The molecule has 5 rings (SSSR count). The van der Waals surface area contributed by atoms with Gasteiger partial charge in [0.1, 0.15) is 28.7 Å². The molecule has 1 fully saturated rings. The second-order valence-electron chi connectivity index (χ2n) is 11.5. The Labute approximate surface area is 236 Å². The van der Waals surface area contributed by atoms with E-state index < -0.39 is 34.4 Å². The fourth-order valence-corrected chi connectivity index (χ4v) is 5.55. The van der Waals surface area contributed by atoms with Crippen molar-refractivity contribution in [3.63, 3.8) is 0 Å². The van der Waals surface area contributed by atoms with Crippen molar-refractivity contribution in [3.8, 4) is 6.07 Å². The molecule has 2 aliphatic rings. The van der Waals surface area contributed by atoms with E-state index in [0.29, 0.717) is 60.5 Å². The monoisotopic (exact) mass is 565 g/mol. The van der Waals surface area contributed by atoms with Crippen molar-refractivity contribution >= 4 is 16.9 Å². The minimum Gasteiger partial charge on any atom is -0.383 e. The predicted molar refractivity (Wildman–Crippen MR) is 150 cm³/mol. The maximum absolute atomic E-state index is 15.8. The molecule has 7 nitrogen and oxygen atoms in total. The van der Waals surface area contributed by atoms with Crippen molar-refractivity contribution in [2.45, 2.75) is 95.2 Å². The Hall–Kier alpha value is -3.71. The number of anilines is 1. The summed E-state index contributed by atoms with van der Waals surface area (Å²) in [7, 11) is 0. The molecule has 2 atom stereocenters. The van der Waals surface area contributed by atoms with E-state index in [1.807, 2.05) is 0 Å². The molecule has 0 amide bonds. The lowest BCUT2D eigenvalue weighted by molar-refractivity contribution is -0.178. The third-order valence-corrected chi connectivity index (χ3v) is 8.33. The Morgan fingerprint density at radius 2 is 1.90 bits per heavy atom. The van der Waals surface area contributed by atoms with E-state index in [9.17, 15) is 15.2 Å². The number of alkyl halides is 2. The average Bonchev–Trinajstić information content (AvgIpc) is 3.71. The highest BCUT2D eigenvalue weighted by Gasteiger charge is 2.51. The second-order valence-corrected chi connectivity index (χ2v) is 11.5. The molecule has 0 radical (unpaired) electrons. The Balaban J connectivity index is 1.69. The first-order valence-corrected chi connectivity index (χ1v) is 14.1. The lowest BCUT2D eigenvalue weighted by Crippen LogP contribution is -2.43. The van der Waals surface area contributed by atoms with Crippen LogP contribution in [0.3, 0.4) is 0 Å². The Kier molecular flexibility index (Phi) is 7.45. The first kappa shape index (κ1) is 28.8. The summed E-state index contributed by atoms with van der Waals surface area (Å²) in [5, 5.41) is 24.3. The fraction of sp³-hybridized carbons (Fsp3) is 0.484. The summed E-state index contributed by atoms with van der Waals surface area (Å²) in [5.41, 5.74) is -3.73. The molecule has 1 unspecified atom stereocenters. The van der Waals surface area contributed by atoms with Gasteiger partial charge in [-0.1, -0.05) is 30.7 Å². The number of halogens is 3. The zero-order valence-electron chi connectivity index (χ0n) is 23.5. The SMILES string of the molecule is Cc1nc2c3cc(C4(C#N)CC4)c(=O)n(c3n1)CCCCC/C=C\CC(C)(O)C(F)(F)c1cccc(c1F)[C@@H](C)N2. The number of nitriles is 1. The molecule has 41 heavy (non-hydrogen) atoms. The number of fused-ring (bicyclic) bond motifs is 2. The summed E-state index contributed by atoms with van der Waals surface area (Å²) in [5.74, 6) is -4.29. The first-order valence-electron chi connectivity index (χ1n) is 14.1. The van der Waals surface area contributed by atoms with Gasteiger partial charge in [0, 0.05) is 24.1 Å². The smallest absolute Gasteiger partial charge is 0.304 e. The lowest BCUT2D eigenvalue weighted by Gasteiger charge is -2.33. The standard InChI is InChI=1S/C31H34F3N5O2/c1-19-21-11-10-12-23(25(21)32)31(33,34)29(3,41)13-8-6-4-5-7-9-16-39-27-22(26(36-19)37-20(2)38-27)17-24(28(39)40)30(18-35)14-15-30/h6,8,10-12,17,19,41H,4-5,7,9,13-16H2,1-3H3,(H,36,37,38)/b8-6-/t19-,29?/m1/s1. The topological polar surface area (TPSA) is 104 Å². The highest BCUT2D eigenvalue weighted by Crippen LogP contribution is 2.47. The molecule has 1 aliphatic carbocycles. The number of allylic oxidation sites excluding steroid dienone is 1. The van der Waals surface area contributed by atoms with E-state index in [1.165, 1.54) is 18.2 Å². The molecule has 1 aliphatic heterocycles. The normalized spacial score (nSPS) is 24.9. The molecule has 0 saturated heterocycles. The van der Waals surface area contributed by atoms with Gasteiger partial charge in [0.25, 0.3) is 5.56 Å². The Morgan fingerprint density at radius 1 is 1.15 bits per heavy atom. The maximum Gasteiger partial charge on any atom is 0.304 e. The van der Waals surface area contributed by atoms with Crippen LogP contribution in [0.25, 0.3) is 11.0 Å². The van der Waals surface area contributed by atoms with E-state index in [4.69, 9.17) is 0 Å². The van der Waals surface area contributed by atoms with E-state index in [0.717, 1.165) is 25.8 Å². The van der Waals surface area contributed by atoms with Crippen molar-refractivity contribution in [1.29, 1.82) is 5.26 Å². The number of aryl methyl sites for hydroxylation is 2. The van der Waals surface area contributed by atoms with Gasteiger partial charge in [-0.05, 0) is 65.0 Å². The molecule has 3 heterocycles. The third kappa shape index (κ3) is 5.12. The van der Waals surface area contributed by atoms with Gasteiger partial charge in [0.15, 0.2) is 0 Å². The highest BCUT2D eigenvalue weighted by molar-refractivity contribution is 5.88. The predicted octanol–water partition coefficient (Wildman–Crippen LogP) is 6.33. The van der Waals surface area contributed by atoms with E-state index in [-0.39, 0.29) is 17.5 Å². The van der Waals surface area contributed by atoms with Crippen molar-refractivity contribution in [2.75, 3.05) is 5.32 Å². The van der Waals surface area contributed by atoms with Crippen LogP contribution in [0.4, 0.5) is 19.0 Å². The first-order chi connectivity index (χ1) is 19.4. The molecule has 3 aromatic rings. The summed E-state index contributed by atoms with van der Waals surface area (Å²) in [6.07, 6.45) is 6.85. The maximum atomic E-state index is 15.8. The number of nitrogens with one attached hydrogen (secondary N) is 1. The van der Waals surface area contributed by atoms with Crippen molar-refractivity contribution in [1.82, 2.24) is 14.5 Å². The van der Waals surface area contributed by atoms with Crippen LogP contribution in [-0.2, 0) is 17.9 Å². The molecule has 2 aromatic heterocycles. The quantitative estimate of drug-likeness (QED) is 0.334. The number of hydrogen-bond acceptors (Lipinski definition) is 6. The van der Waals surface area contributed by atoms with E-state index in [2.05, 4.69) is 21.4 Å². The number of nitrogens with zero attached hydrogens (tertiary/aromatic N) is 4. The van der Waals surface area contributed by atoms with E-state index in [1.54, 1.807) is 30.6 Å². The summed E-state index contributed by atoms with van der Waals surface area (Å²) >= 11 is 0. The molecule has 1 aromatic carbocycles. The Morgan fingerprint density at radius 3 is 2.61 bits per heavy atom. The molecule has 6 bridgehead atoms. The lowest BCUT2D eigenvalue weighted by atomic mass is 9.86. The number of benzene rings is 1. The van der Waals surface area contributed by atoms with Gasteiger partial charge in [-0.3, -0.25) is 9.36 Å². The minimum atomic E-state index is -3.86. The molecule has 1 saturated carbocycles. The molecule has 10 heteroatoms. The fourth-order valence-electron chi connectivity index (χ4n) is 5.55. The van der Waals surface area contributed by atoms with Gasteiger partial charge in [-0.15, -0.1) is 0 Å². The molecule has 2 N–H and O–H groups in total. The molecule has 0 spiro atoms. The van der Waals surface area contributed by atoms with Crippen LogP contribution in [-0.4, -0.2) is 25.2 Å². The largest absolute Gasteiger partial charge is 0.383 e. The molecule has 216 valence electrons. The summed E-state index contributed by atoms with van der Waals surface area (Å²) in [6, 6.07) is 6.90. The van der Waals surface area contributed by atoms with Crippen molar-refractivity contribution in [3.05, 3.63) is 75.1 Å². The third-order valence-electron chi connectivity index (χ3n) is 8.33. The van der Waals surface area contributed by atoms with Crippen LogP contribution in [0.1, 0.15) is 87.3 Å².